The molecule has 1 aliphatic carbocycles. The van der Waals surface area contributed by atoms with Crippen LogP contribution in [0.15, 0.2) is 6.33 Å². The van der Waals surface area contributed by atoms with E-state index in [0.29, 0.717) is 11.5 Å². The van der Waals surface area contributed by atoms with Gasteiger partial charge in [-0.1, -0.05) is 0 Å². The fraction of sp³-hybridized carbons (Fsp3) is 0.500. The van der Waals surface area contributed by atoms with E-state index in [1.807, 2.05) is 0 Å². The summed E-state index contributed by atoms with van der Waals surface area (Å²) < 4.78 is 40.0. The minimum atomic E-state index is -4.29. The number of alkyl halides is 3. The summed E-state index contributed by atoms with van der Waals surface area (Å²) in [4.78, 5) is 11.2. The molecule has 2 N–H and O–H groups in total. The molecule has 1 saturated heterocycles. The number of halogens is 3. The zero-order valence-corrected chi connectivity index (χ0v) is 13.2. The van der Waals surface area contributed by atoms with E-state index in [9.17, 15) is 13.2 Å². The van der Waals surface area contributed by atoms with Crippen molar-refractivity contribution in [3.05, 3.63) is 22.6 Å². The lowest BCUT2D eigenvalue weighted by atomic mass is 10.1. The van der Waals surface area contributed by atoms with Crippen molar-refractivity contribution in [2.24, 2.45) is 0 Å². The van der Waals surface area contributed by atoms with E-state index in [1.165, 1.54) is 10.4 Å². The fourth-order valence-electron chi connectivity index (χ4n) is 3.50. The highest BCUT2D eigenvalue weighted by atomic mass is 32.1. The number of aryl methyl sites for hydroxylation is 2. The number of aromatic nitrogens is 4. The highest BCUT2D eigenvalue weighted by Crippen LogP contribution is 2.38. The molecule has 6 nitrogen and oxygen atoms in total. The molecule has 2 atom stereocenters. The van der Waals surface area contributed by atoms with Crippen molar-refractivity contribution < 1.29 is 13.2 Å². The van der Waals surface area contributed by atoms with Crippen molar-refractivity contribution >= 4 is 27.2 Å². The molecule has 10 heteroatoms. The Bertz CT molecular complexity index is 945. The van der Waals surface area contributed by atoms with E-state index in [4.69, 9.17) is 0 Å². The third-order valence-corrected chi connectivity index (χ3v) is 5.87. The first-order valence-electron chi connectivity index (χ1n) is 7.74. The van der Waals surface area contributed by atoms with Crippen LogP contribution in [-0.4, -0.2) is 31.8 Å². The molecular formula is C14H13F3N6S. The van der Waals surface area contributed by atoms with Gasteiger partial charge in [0.05, 0.1) is 11.4 Å². The van der Waals surface area contributed by atoms with Crippen LogP contribution in [0.1, 0.15) is 35.1 Å². The second-order valence-corrected chi connectivity index (χ2v) is 7.28. The van der Waals surface area contributed by atoms with Crippen LogP contribution in [0.25, 0.3) is 15.9 Å². The SMILES string of the molecule is FC(F)(F)C1CC(c2nc3c4c5c(sc4ncn3n2)CCC5)NN1. The molecule has 0 radical (unpaired) electrons. The minimum absolute atomic E-state index is 0.126. The maximum atomic E-state index is 12.8. The average Bonchev–Trinajstić information content (AvgIpc) is 3.26. The summed E-state index contributed by atoms with van der Waals surface area (Å²) in [7, 11) is 0. The Hall–Kier alpha value is -1.78. The molecule has 5 rings (SSSR count). The van der Waals surface area contributed by atoms with Crippen LogP contribution in [0.5, 0.6) is 0 Å². The van der Waals surface area contributed by atoms with Gasteiger partial charge < -0.3 is 0 Å². The normalized spacial score (nSPS) is 24.3. The lowest BCUT2D eigenvalue weighted by molar-refractivity contribution is -0.153. The second-order valence-electron chi connectivity index (χ2n) is 6.19. The average molecular weight is 354 g/mol. The van der Waals surface area contributed by atoms with E-state index >= 15 is 0 Å². The van der Waals surface area contributed by atoms with Gasteiger partial charge in [0.15, 0.2) is 11.5 Å². The molecule has 0 bridgehead atoms. The molecule has 3 aromatic rings. The molecule has 4 heterocycles. The van der Waals surface area contributed by atoms with Gasteiger partial charge in [-0.15, -0.1) is 16.4 Å². The maximum Gasteiger partial charge on any atom is 0.405 e. The number of rotatable bonds is 1. The standard InChI is InChI=1S/C14H13F3N6S/c15-14(16,17)9-4-7(20-21-9)11-19-12-10-6-2-1-3-8(6)24-13(10)18-5-23(12)22-11/h5,7,9,20-21H,1-4H2. The minimum Gasteiger partial charge on any atom is -0.246 e. The van der Waals surface area contributed by atoms with Crippen molar-refractivity contribution in [3.63, 3.8) is 0 Å². The Labute approximate surface area is 138 Å². The maximum absolute atomic E-state index is 12.8. The largest absolute Gasteiger partial charge is 0.405 e. The van der Waals surface area contributed by atoms with E-state index in [0.717, 1.165) is 29.5 Å². The van der Waals surface area contributed by atoms with Crippen molar-refractivity contribution in [2.45, 2.75) is 43.9 Å². The molecule has 24 heavy (non-hydrogen) atoms. The lowest BCUT2D eigenvalue weighted by Gasteiger charge is -2.12. The predicted molar refractivity (Wildman–Crippen MR) is 81.7 cm³/mol. The van der Waals surface area contributed by atoms with Crippen molar-refractivity contribution in [1.29, 1.82) is 0 Å². The zero-order chi connectivity index (χ0) is 16.5. The van der Waals surface area contributed by atoms with Gasteiger partial charge in [-0.3, -0.25) is 0 Å². The molecule has 0 aromatic carbocycles. The van der Waals surface area contributed by atoms with E-state index in [1.54, 1.807) is 22.2 Å². The second kappa shape index (κ2) is 4.87. The summed E-state index contributed by atoms with van der Waals surface area (Å²) in [5, 5.41) is 5.35. The lowest BCUT2D eigenvalue weighted by Crippen LogP contribution is -2.41. The van der Waals surface area contributed by atoms with E-state index in [2.05, 4.69) is 25.9 Å². The number of fused-ring (bicyclic) bond motifs is 5. The number of hydrazine groups is 1. The van der Waals surface area contributed by atoms with Gasteiger partial charge in [-0.25, -0.2) is 25.3 Å². The summed E-state index contributed by atoms with van der Waals surface area (Å²) in [6.07, 6.45) is 0.357. The van der Waals surface area contributed by atoms with E-state index < -0.39 is 18.3 Å². The molecule has 2 aliphatic rings. The zero-order valence-electron chi connectivity index (χ0n) is 12.4. The van der Waals surface area contributed by atoms with Crippen LogP contribution in [0, 0.1) is 0 Å². The third-order valence-electron chi connectivity index (χ3n) is 4.67. The van der Waals surface area contributed by atoms with Gasteiger partial charge in [-0.2, -0.15) is 13.2 Å². The number of nitrogens with one attached hydrogen (secondary N) is 2. The smallest absolute Gasteiger partial charge is 0.246 e. The van der Waals surface area contributed by atoms with Crippen LogP contribution >= 0.6 is 11.3 Å². The first-order valence-corrected chi connectivity index (χ1v) is 8.55. The molecule has 1 aliphatic heterocycles. The molecule has 0 amide bonds. The van der Waals surface area contributed by atoms with Gasteiger partial charge in [-0.05, 0) is 31.2 Å². The molecule has 0 spiro atoms. The number of nitrogens with zero attached hydrogens (tertiary/aromatic N) is 4. The third kappa shape index (κ3) is 2.06. The Balaban J connectivity index is 1.58. The van der Waals surface area contributed by atoms with Crippen LogP contribution in [0.3, 0.4) is 0 Å². The predicted octanol–water partition coefficient (Wildman–Crippen LogP) is 2.30. The highest BCUT2D eigenvalue weighted by Gasteiger charge is 2.45. The topological polar surface area (TPSA) is 67.1 Å². The van der Waals surface area contributed by atoms with Gasteiger partial charge in [0.2, 0.25) is 0 Å². The first-order chi connectivity index (χ1) is 11.5. The summed E-state index contributed by atoms with van der Waals surface area (Å²) in [5.74, 6) is 0.362. The summed E-state index contributed by atoms with van der Waals surface area (Å²) in [6, 6.07) is -2.16. The molecule has 0 saturated carbocycles. The Morgan fingerprint density at radius 1 is 1.25 bits per heavy atom. The Kier molecular flexibility index (Phi) is 2.95. The monoisotopic (exact) mass is 354 g/mol. The van der Waals surface area contributed by atoms with Crippen LogP contribution in [0.4, 0.5) is 13.2 Å². The van der Waals surface area contributed by atoms with E-state index in [-0.39, 0.29) is 6.42 Å². The number of hydrogen-bond acceptors (Lipinski definition) is 6. The Morgan fingerprint density at radius 2 is 2.12 bits per heavy atom. The summed E-state index contributed by atoms with van der Waals surface area (Å²) in [5.41, 5.74) is 6.91. The van der Waals surface area contributed by atoms with Gasteiger partial charge in [0.1, 0.15) is 17.2 Å². The molecule has 3 aromatic heterocycles. The number of hydrogen-bond donors (Lipinski definition) is 2. The molecular weight excluding hydrogens is 341 g/mol. The quantitative estimate of drug-likeness (QED) is 0.702. The molecule has 1 fully saturated rings. The molecule has 2 unspecified atom stereocenters. The van der Waals surface area contributed by atoms with Crippen LogP contribution in [0.2, 0.25) is 0 Å². The number of thiophene rings is 1. The van der Waals surface area contributed by atoms with Gasteiger partial charge >= 0.3 is 6.18 Å². The van der Waals surface area contributed by atoms with Gasteiger partial charge in [0.25, 0.3) is 0 Å². The van der Waals surface area contributed by atoms with Crippen LogP contribution in [-0.2, 0) is 12.8 Å². The van der Waals surface area contributed by atoms with Crippen LogP contribution < -0.4 is 10.9 Å². The first kappa shape index (κ1) is 14.6. The van der Waals surface area contributed by atoms with Crippen molar-refractivity contribution in [1.82, 2.24) is 30.4 Å². The van der Waals surface area contributed by atoms with Crippen molar-refractivity contribution in [2.75, 3.05) is 0 Å². The summed E-state index contributed by atoms with van der Waals surface area (Å²) >= 11 is 1.68. The fourth-order valence-corrected chi connectivity index (χ4v) is 4.72. The molecule has 126 valence electrons. The highest BCUT2D eigenvalue weighted by molar-refractivity contribution is 7.19. The Morgan fingerprint density at radius 3 is 2.92 bits per heavy atom. The van der Waals surface area contributed by atoms with Gasteiger partial charge in [0, 0.05) is 4.88 Å². The van der Waals surface area contributed by atoms with Crippen molar-refractivity contribution in [3.8, 4) is 0 Å². The summed E-state index contributed by atoms with van der Waals surface area (Å²) in [6.45, 7) is 0.